The fourth-order valence-corrected chi connectivity index (χ4v) is 4.34. The molecule has 0 radical (unpaired) electrons. The van der Waals surface area contributed by atoms with E-state index in [0.29, 0.717) is 5.56 Å². The van der Waals surface area contributed by atoms with E-state index in [1.54, 1.807) is 35.0 Å². The number of rotatable bonds is 5. The van der Waals surface area contributed by atoms with Crippen molar-refractivity contribution in [2.45, 2.75) is 23.6 Å². The number of para-hydroxylation sites is 1. The van der Waals surface area contributed by atoms with Crippen LogP contribution in [0.3, 0.4) is 0 Å². The quantitative estimate of drug-likeness (QED) is 0.364. The third kappa shape index (κ3) is 4.14. The summed E-state index contributed by atoms with van der Waals surface area (Å²) in [6, 6.07) is 21.2. The van der Waals surface area contributed by atoms with E-state index in [1.807, 2.05) is 61.5 Å². The maximum atomic E-state index is 13.2. The minimum atomic E-state index is -0.147. The number of anilines is 2. The second-order valence-corrected chi connectivity index (χ2v) is 8.13. The van der Waals surface area contributed by atoms with Crippen LogP contribution in [0.2, 0.25) is 0 Å². The Morgan fingerprint density at radius 1 is 1.00 bits per heavy atom. The highest BCUT2D eigenvalue weighted by Crippen LogP contribution is 2.48. The molecule has 0 spiro atoms. The molecule has 3 aromatic rings. The van der Waals surface area contributed by atoms with Crippen molar-refractivity contribution in [1.82, 2.24) is 5.43 Å². The van der Waals surface area contributed by atoms with Gasteiger partial charge in [-0.15, -0.1) is 0 Å². The first-order chi connectivity index (χ1) is 14.5. The Morgan fingerprint density at radius 3 is 2.60 bits per heavy atom. The number of amides is 1. The third-order valence-corrected chi connectivity index (χ3v) is 5.89. The summed E-state index contributed by atoms with van der Waals surface area (Å²) < 4.78 is 0. The number of ketones is 1. The monoisotopic (exact) mass is 415 g/mol. The summed E-state index contributed by atoms with van der Waals surface area (Å²) in [6.45, 7) is 3.58. The van der Waals surface area contributed by atoms with E-state index < -0.39 is 0 Å². The molecule has 1 aliphatic rings. The van der Waals surface area contributed by atoms with Crippen molar-refractivity contribution in [3.8, 4) is 0 Å². The summed E-state index contributed by atoms with van der Waals surface area (Å²) in [4.78, 5) is 28.7. The van der Waals surface area contributed by atoms with Gasteiger partial charge in [-0.1, -0.05) is 59.8 Å². The lowest BCUT2D eigenvalue weighted by atomic mass is 10.1. The number of Topliss-reactive ketones (excluding diaryl/α,β-unsaturated/α-hetero) is 1. The minimum absolute atomic E-state index is 0.0325. The average molecular weight is 416 g/mol. The number of hydrazone groups is 1. The molecule has 0 unspecified atom stereocenters. The highest BCUT2D eigenvalue weighted by molar-refractivity contribution is 7.99. The molecule has 1 aliphatic heterocycles. The first-order valence-electron chi connectivity index (χ1n) is 9.60. The molecule has 0 atom stereocenters. The Kier molecular flexibility index (Phi) is 5.68. The molecule has 5 nitrogen and oxygen atoms in total. The molecular weight excluding hydrogens is 394 g/mol. The van der Waals surface area contributed by atoms with E-state index in [-0.39, 0.29) is 18.2 Å². The molecule has 0 aromatic heterocycles. The van der Waals surface area contributed by atoms with Crippen LogP contribution in [-0.4, -0.2) is 24.4 Å². The topological polar surface area (TPSA) is 61.8 Å². The second-order valence-electron chi connectivity index (χ2n) is 7.04. The number of carbonyl (C=O) groups excluding carboxylic acids is 2. The lowest BCUT2D eigenvalue weighted by Crippen LogP contribution is -2.35. The largest absolute Gasteiger partial charge is 0.301 e. The predicted molar refractivity (Wildman–Crippen MR) is 121 cm³/mol. The van der Waals surface area contributed by atoms with Crippen molar-refractivity contribution >= 4 is 41.0 Å². The number of hydrogen-bond acceptors (Lipinski definition) is 5. The normalized spacial score (nSPS) is 12.4. The van der Waals surface area contributed by atoms with Crippen LogP contribution in [0.1, 0.15) is 28.4 Å². The summed E-state index contributed by atoms with van der Waals surface area (Å²) in [5.41, 5.74) is 7.08. The molecule has 30 heavy (non-hydrogen) atoms. The average Bonchev–Trinajstić information content (AvgIpc) is 2.74. The number of nitrogens with zero attached hydrogens (tertiary/aromatic N) is 2. The van der Waals surface area contributed by atoms with Crippen LogP contribution in [0.25, 0.3) is 0 Å². The van der Waals surface area contributed by atoms with E-state index in [4.69, 9.17) is 0 Å². The maximum Gasteiger partial charge on any atom is 0.252 e. The number of nitrogens with one attached hydrogen (secondary N) is 1. The van der Waals surface area contributed by atoms with Crippen LogP contribution in [0.15, 0.2) is 81.6 Å². The standard InChI is InChI=1S/C24H21N3O2S/c1-16-6-5-7-18(12-16)14-25-26-15-24(29)27-20-8-3-4-9-22(20)30-23-11-10-19(17(2)28)13-21(23)27/h3-14,26H,15H2,1-2H3/b25-14+. The van der Waals surface area contributed by atoms with Gasteiger partial charge in [-0.3, -0.25) is 14.5 Å². The zero-order valence-corrected chi connectivity index (χ0v) is 17.6. The van der Waals surface area contributed by atoms with E-state index in [0.717, 1.165) is 32.3 Å². The molecule has 6 heteroatoms. The Morgan fingerprint density at radius 2 is 1.80 bits per heavy atom. The molecule has 4 rings (SSSR count). The maximum absolute atomic E-state index is 13.2. The Hall–Kier alpha value is -3.38. The minimum Gasteiger partial charge on any atom is -0.301 e. The predicted octanol–water partition coefficient (Wildman–Crippen LogP) is 4.95. The summed E-state index contributed by atoms with van der Waals surface area (Å²) in [5, 5.41) is 4.19. The number of benzene rings is 3. The van der Waals surface area contributed by atoms with Crippen LogP contribution in [-0.2, 0) is 4.79 Å². The van der Waals surface area contributed by atoms with Crippen LogP contribution >= 0.6 is 11.8 Å². The van der Waals surface area contributed by atoms with Crippen LogP contribution in [0.4, 0.5) is 11.4 Å². The Bertz CT molecular complexity index is 1160. The number of aryl methyl sites for hydroxylation is 1. The molecular formula is C24H21N3O2S. The Balaban J connectivity index is 1.58. The van der Waals surface area contributed by atoms with Gasteiger partial charge in [0.25, 0.3) is 5.91 Å². The SMILES string of the molecule is CC(=O)c1ccc2c(c1)N(C(=O)CN/N=C/c1cccc(C)c1)c1ccccc1S2. The third-order valence-electron chi connectivity index (χ3n) is 4.76. The number of fused-ring (bicyclic) bond motifs is 2. The van der Waals surface area contributed by atoms with Gasteiger partial charge in [-0.05, 0) is 43.7 Å². The van der Waals surface area contributed by atoms with Gasteiger partial charge in [-0.25, -0.2) is 0 Å². The fourth-order valence-electron chi connectivity index (χ4n) is 3.31. The Labute approximate surface area is 179 Å². The summed E-state index contributed by atoms with van der Waals surface area (Å²) >= 11 is 1.60. The van der Waals surface area contributed by atoms with Gasteiger partial charge < -0.3 is 5.43 Å². The first-order valence-corrected chi connectivity index (χ1v) is 10.4. The van der Waals surface area contributed by atoms with Gasteiger partial charge in [0.05, 0.1) is 17.6 Å². The lowest BCUT2D eigenvalue weighted by molar-refractivity contribution is -0.117. The van der Waals surface area contributed by atoms with Gasteiger partial charge in [0, 0.05) is 15.4 Å². The smallest absolute Gasteiger partial charge is 0.252 e. The van der Waals surface area contributed by atoms with Crippen molar-refractivity contribution in [1.29, 1.82) is 0 Å². The molecule has 0 fully saturated rings. The van der Waals surface area contributed by atoms with Gasteiger partial charge in [-0.2, -0.15) is 5.10 Å². The van der Waals surface area contributed by atoms with Crippen molar-refractivity contribution < 1.29 is 9.59 Å². The first kappa shape index (κ1) is 19.9. The highest BCUT2D eigenvalue weighted by Gasteiger charge is 2.28. The zero-order chi connectivity index (χ0) is 21.1. The highest BCUT2D eigenvalue weighted by atomic mass is 32.2. The summed E-state index contributed by atoms with van der Waals surface area (Å²) in [6.07, 6.45) is 1.70. The van der Waals surface area contributed by atoms with Crippen molar-refractivity contribution in [2.24, 2.45) is 5.10 Å². The van der Waals surface area contributed by atoms with Gasteiger partial charge in [0.1, 0.15) is 6.54 Å². The number of hydrogen-bond donors (Lipinski definition) is 1. The van der Waals surface area contributed by atoms with Crippen molar-refractivity contribution in [2.75, 3.05) is 11.4 Å². The lowest BCUT2D eigenvalue weighted by Gasteiger charge is -2.31. The van der Waals surface area contributed by atoms with E-state index in [9.17, 15) is 9.59 Å². The van der Waals surface area contributed by atoms with Crippen LogP contribution < -0.4 is 10.3 Å². The van der Waals surface area contributed by atoms with Crippen LogP contribution in [0, 0.1) is 6.92 Å². The molecule has 0 bridgehead atoms. The molecule has 3 aromatic carbocycles. The van der Waals surface area contributed by atoms with E-state index >= 15 is 0 Å². The molecule has 0 saturated carbocycles. The number of carbonyl (C=O) groups is 2. The molecule has 1 N–H and O–H groups in total. The molecule has 0 saturated heterocycles. The molecule has 0 aliphatic carbocycles. The van der Waals surface area contributed by atoms with Crippen molar-refractivity contribution in [3.05, 3.63) is 83.4 Å². The van der Waals surface area contributed by atoms with E-state index in [2.05, 4.69) is 10.5 Å². The van der Waals surface area contributed by atoms with Crippen LogP contribution in [0.5, 0.6) is 0 Å². The van der Waals surface area contributed by atoms with Gasteiger partial charge in [0.2, 0.25) is 0 Å². The van der Waals surface area contributed by atoms with E-state index in [1.165, 1.54) is 6.92 Å². The van der Waals surface area contributed by atoms with Gasteiger partial charge in [0.15, 0.2) is 5.78 Å². The summed E-state index contributed by atoms with van der Waals surface area (Å²) in [5.74, 6) is -0.180. The molecule has 1 heterocycles. The molecule has 150 valence electrons. The zero-order valence-electron chi connectivity index (χ0n) is 16.8. The summed E-state index contributed by atoms with van der Waals surface area (Å²) in [7, 11) is 0. The fraction of sp³-hybridized carbons (Fsp3) is 0.125. The van der Waals surface area contributed by atoms with Crippen molar-refractivity contribution in [3.63, 3.8) is 0 Å². The van der Waals surface area contributed by atoms with Gasteiger partial charge >= 0.3 is 0 Å². The second kappa shape index (κ2) is 8.55. The molecule has 1 amide bonds.